The minimum Gasteiger partial charge on any atom is -0.253 e. The molecule has 1 rings (SSSR count). The molecule has 96 valence electrons. The van der Waals surface area contributed by atoms with Gasteiger partial charge in [-0.2, -0.15) is 12.7 Å². The molecular formula is C8H14Cl3NO3S. The van der Waals surface area contributed by atoms with E-state index in [9.17, 15) is 8.42 Å². The predicted octanol–water partition coefficient (Wildman–Crippen LogP) is 2.49. The molecule has 1 aliphatic heterocycles. The quantitative estimate of drug-likeness (QED) is 0.579. The maximum absolute atomic E-state index is 11.7. The Morgan fingerprint density at radius 2 is 1.94 bits per heavy atom. The zero-order valence-electron chi connectivity index (χ0n) is 8.99. The Labute approximate surface area is 111 Å². The molecule has 1 aliphatic rings. The standard InChI is InChI=1S/C8H14Cl3NO3S/c1-3-4-7-6(2)12(7)16(13,14)15-5-8(9,10)11/h6-7H,3-5H2,1-2H3/t6-,7-,12?/m1/s1. The number of rotatable bonds is 5. The molecule has 1 unspecified atom stereocenters. The fourth-order valence-electron chi connectivity index (χ4n) is 1.62. The highest BCUT2D eigenvalue weighted by atomic mass is 35.6. The van der Waals surface area contributed by atoms with E-state index < -0.39 is 20.7 Å². The van der Waals surface area contributed by atoms with Crippen LogP contribution in [-0.4, -0.2) is 35.2 Å². The molecule has 0 N–H and O–H groups in total. The van der Waals surface area contributed by atoms with E-state index >= 15 is 0 Å². The Hall–Kier alpha value is 0.740. The van der Waals surface area contributed by atoms with Gasteiger partial charge in [-0.3, -0.25) is 4.18 Å². The molecule has 16 heavy (non-hydrogen) atoms. The maximum Gasteiger partial charge on any atom is 0.339 e. The number of hydrogen-bond acceptors (Lipinski definition) is 3. The van der Waals surface area contributed by atoms with Crippen molar-refractivity contribution in [1.29, 1.82) is 0 Å². The van der Waals surface area contributed by atoms with Gasteiger partial charge in [-0.05, 0) is 13.3 Å². The molecule has 0 aliphatic carbocycles. The van der Waals surface area contributed by atoms with Crippen LogP contribution in [0.2, 0.25) is 0 Å². The van der Waals surface area contributed by atoms with Gasteiger partial charge in [-0.1, -0.05) is 48.1 Å². The van der Waals surface area contributed by atoms with Gasteiger partial charge in [0, 0.05) is 12.1 Å². The molecule has 0 spiro atoms. The summed E-state index contributed by atoms with van der Waals surface area (Å²) in [5, 5.41) is 0. The Kier molecular flexibility index (Phi) is 4.77. The van der Waals surface area contributed by atoms with Crippen LogP contribution in [0.25, 0.3) is 0 Å². The van der Waals surface area contributed by atoms with E-state index in [0.29, 0.717) is 0 Å². The van der Waals surface area contributed by atoms with Gasteiger partial charge in [0.05, 0.1) is 0 Å². The number of alkyl halides is 3. The predicted molar refractivity (Wildman–Crippen MR) is 65.2 cm³/mol. The van der Waals surface area contributed by atoms with E-state index in [1.54, 1.807) is 0 Å². The van der Waals surface area contributed by atoms with E-state index in [-0.39, 0.29) is 12.1 Å². The van der Waals surface area contributed by atoms with Gasteiger partial charge in [0.2, 0.25) is 3.79 Å². The minimum absolute atomic E-state index is 0.0189. The molecule has 0 saturated carbocycles. The first-order valence-electron chi connectivity index (χ1n) is 4.93. The van der Waals surface area contributed by atoms with Crippen molar-refractivity contribution in [2.24, 2.45) is 0 Å². The van der Waals surface area contributed by atoms with Gasteiger partial charge in [0.1, 0.15) is 6.61 Å². The van der Waals surface area contributed by atoms with E-state index in [0.717, 1.165) is 12.8 Å². The smallest absolute Gasteiger partial charge is 0.253 e. The molecule has 0 aromatic carbocycles. The largest absolute Gasteiger partial charge is 0.339 e. The molecule has 0 aromatic rings. The third-order valence-electron chi connectivity index (χ3n) is 2.41. The van der Waals surface area contributed by atoms with E-state index in [4.69, 9.17) is 34.8 Å². The summed E-state index contributed by atoms with van der Waals surface area (Å²) in [5.41, 5.74) is 0. The highest BCUT2D eigenvalue weighted by molar-refractivity contribution is 7.84. The number of halogens is 3. The normalized spacial score (nSPS) is 30.4. The summed E-state index contributed by atoms with van der Waals surface area (Å²) in [7, 11) is -3.76. The molecule has 1 heterocycles. The van der Waals surface area contributed by atoms with Gasteiger partial charge in [-0.25, -0.2) is 0 Å². The first-order valence-corrected chi connectivity index (χ1v) is 7.43. The molecular weight excluding hydrogens is 297 g/mol. The minimum atomic E-state index is -3.76. The molecule has 1 fully saturated rings. The lowest BCUT2D eigenvalue weighted by molar-refractivity contribution is 0.302. The fourth-order valence-corrected chi connectivity index (χ4v) is 3.53. The lowest BCUT2D eigenvalue weighted by Gasteiger charge is -2.12. The van der Waals surface area contributed by atoms with Crippen LogP contribution in [0.15, 0.2) is 0 Å². The number of hydrogen-bond donors (Lipinski definition) is 0. The van der Waals surface area contributed by atoms with Gasteiger partial charge >= 0.3 is 10.3 Å². The summed E-state index contributed by atoms with van der Waals surface area (Å²) in [6.07, 6.45) is 1.74. The van der Waals surface area contributed by atoms with Crippen molar-refractivity contribution >= 4 is 45.1 Å². The van der Waals surface area contributed by atoms with Crippen LogP contribution in [0.3, 0.4) is 0 Å². The lowest BCUT2D eigenvalue weighted by Crippen LogP contribution is -2.24. The van der Waals surface area contributed by atoms with E-state index in [1.807, 2.05) is 13.8 Å². The van der Waals surface area contributed by atoms with Crippen LogP contribution in [-0.2, 0) is 14.5 Å². The van der Waals surface area contributed by atoms with Crippen LogP contribution in [0.1, 0.15) is 26.7 Å². The molecule has 1 saturated heterocycles. The van der Waals surface area contributed by atoms with Crippen LogP contribution in [0.5, 0.6) is 0 Å². The molecule has 4 nitrogen and oxygen atoms in total. The Bertz CT molecular complexity index is 341. The molecule has 0 radical (unpaired) electrons. The second kappa shape index (κ2) is 5.16. The van der Waals surface area contributed by atoms with Crippen molar-refractivity contribution < 1.29 is 12.6 Å². The Morgan fingerprint density at radius 1 is 1.38 bits per heavy atom. The van der Waals surface area contributed by atoms with E-state index in [2.05, 4.69) is 4.18 Å². The zero-order chi connectivity index (χ0) is 12.6. The van der Waals surface area contributed by atoms with Crippen molar-refractivity contribution in [3.05, 3.63) is 0 Å². The molecule has 3 atom stereocenters. The van der Waals surface area contributed by atoms with Gasteiger partial charge in [-0.15, -0.1) is 0 Å². The van der Waals surface area contributed by atoms with Crippen molar-refractivity contribution in [1.82, 2.24) is 4.31 Å². The van der Waals surface area contributed by atoms with Crippen molar-refractivity contribution in [2.75, 3.05) is 6.61 Å². The Morgan fingerprint density at radius 3 is 2.38 bits per heavy atom. The third kappa shape index (κ3) is 3.89. The van der Waals surface area contributed by atoms with Crippen LogP contribution in [0, 0.1) is 0 Å². The Balaban J connectivity index is 2.54. The van der Waals surface area contributed by atoms with Crippen LogP contribution >= 0.6 is 34.8 Å². The second-order valence-electron chi connectivity index (χ2n) is 3.76. The van der Waals surface area contributed by atoms with Crippen molar-refractivity contribution in [3.63, 3.8) is 0 Å². The first-order chi connectivity index (χ1) is 7.19. The summed E-state index contributed by atoms with van der Waals surface area (Å²) in [5.74, 6) is 0. The highest BCUT2D eigenvalue weighted by Gasteiger charge is 2.52. The maximum atomic E-state index is 11.7. The van der Waals surface area contributed by atoms with Gasteiger partial charge < -0.3 is 0 Å². The zero-order valence-corrected chi connectivity index (χ0v) is 12.1. The average molecular weight is 311 g/mol. The highest BCUT2D eigenvalue weighted by Crippen LogP contribution is 2.36. The van der Waals surface area contributed by atoms with Gasteiger partial charge in [0.15, 0.2) is 0 Å². The van der Waals surface area contributed by atoms with E-state index in [1.165, 1.54) is 4.31 Å². The third-order valence-corrected chi connectivity index (χ3v) is 4.27. The van der Waals surface area contributed by atoms with Crippen molar-refractivity contribution in [2.45, 2.75) is 42.6 Å². The van der Waals surface area contributed by atoms with Crippen LogP contribution < -0.4 is 0 Å². The first kappa shape index (κ1) is 14.8. The van der Waals surface area contributed by atoms with Crippen molar-refractivity contribution in [3.8, 4) is 0 Å². The lowest BCUT2D eigenvalue weighted by atomic mass is 10.2. The average Bonchev–Trinajstić information content (AvgIpc) is 2.74. The molecule has 0 amide bonds. The molecule has 0 aromatic heterocycles. The molecule has 8 heteroatoms. The number of nitrogens with zero attached hydrogens (tertiary/aromatic N) is 1. The molecule has 0 bridgehead atoms. The SMILES string of the molecule is CCC[C@@H]1[C@@H](C)N1S(=O)(=O)OCC(Cl)(Cl)Cl. The van der Waals surface area contributed by atoms with Crippen LogP contribution in [0.4, 0.5) is 0 Å². The second-order valence-corrected chi connectivity index (χ2v) is 7.79. The summed E-state index contributed by atoms with van der Waals surface area (Å²) in [4.78, 5) is 0. The summed E-state index contributed by atoms with van der Waals surface area (Å²) in [6, 6.07) is -0.00861. The summed E-state index contributed by atoms with van der Waals surface area (Å²) < 4.78 is 27.6. The monoisotopic (exact) mass is 309 g/mol. The summed E-state index contributed by atoms with van der Waals surface area (Å²) >= 11 is 16.3. The summed E-state index contributed by atoms with van der Waals surface area (Å²) in [6.45, 7) is 3.36. The fraction of sp³-hybridized carbons (Fsp3) is 1.00. The topological polar surface area (TPSA) is 46.4 Å². The van der Waals surface area contributed by atoms with Gasteiger partial charge in [0.25, 0.3) is 0 Å².